The molecule has 4 N–H and O–H groups in total. The van der Waals surface area contributed by atoms with E-state index in [2.05, 4.69) is 54.8 Å². The molecule has 3 rings (SSSR count). The van der Waals surface area contributed by atoms with Gasteiger partial charge in [-0.15, -0.1) is 0 Å². The van der Waals surface area contributed by atoms with Crippen LogP contribution in [0.2, 0.25) is 0 Å². The quantitative estimate of drug-likeness (QED) is 0.562. The summed E-state index contributed by atoms with van der Waals surface area (Å²) in [5, 5.41) is 22.9. The molecule has 0 saturated heterocycles. The molecule has 0 aromatic heterocycles. The molecule has 1 aliphatic heterocycles. The third-order valence-electron chi connectivity index (χ3n) is 5.25. The van der Waals surface area contributed by atoms with Crippen molar-refractivity contribution < 1.29 is 15.0 Å². The molecule has 1 atom stereocenters. The molecule has 5 nitrogen and oxygen atoms in total. The van der Waals surface area contributed by atoms with Gasteiger partial charge in [-0.05, 0) is 73.9 Å². The maximum Gasteiger partial charge on any atom is 0.224 e. The molecule has 0 spiro atoms. The lowest BCUT2D eigenvalue weighted by Gasteiger charge is -2.29. The molecule has 29 heavy (non-hydrogen) atoms. The molecule has 1 aliphatic rings. The van der Waals surface area contributed by atoms with Crippen LogP contribution >= 0.6 is 0 Å². The minimum Gasteiger partial charge on any atom is -0.397 e. The number of rotatable bonds is 6. The fraction of sp³-hybridized carbons (Fsp3) is 0.458. The Morgan fingerprint density at radius 3 is 2.69 bits per heavy atom. The second-order valence-corrected chi connectivity index (χ2v) is 7.44. The van der Waals surface area contributed by atoms with E-state index in [1.807, 2.05) is 6.07 Å². The standard InChI is InChI=1S/C22H28N2O2.C2H6O/c1-15-5-3-6-19(16(15)2)21-10-8-18-13-17(7-9-20(18)24-21)14-22(26)23-11-4-12-25;1-2-3/h3,5-7,9,13,21,24-25H,4,8,10-12,14H2,1-2H3,(H,23,26);3H,2H2,1H3/t21-;/m0./s1. The Labute approximate surface area is 174 Å². The summed E-state index contributed by atoms with van der Waals surface area (Å²) in [6, 6.07) is 13.1. The monoisotopic (exact) mass is 398 g/mol. The van der Waals surface area contributed by atoms with Crippen LogP contribution in [0.1, 0.15) is 53.6 Å². The number of fused-ring (bicyclic) bond motifs is 1. The number of aliphatic hydroxyl groups excluding tert-OH is 2. The van der Waals surface area contributed by atoms with Gasteiger partial charge >= 0.3 is 0 Å². The van der Waals surface area contributed by atoms with Crippen LogP contribution in [0.15, 0.2) is 36.4 Å². The second-order valence-electron chi connectivity index (χ2n) is 7.44. The summed E-state index contributed by atoms with van der Waals surface area (Å²) in [4.78, 5) is 12.0. The number of hydrogen-bond donors (Lipinski definition) is 4. The number of aryl methyl sites for hydroxylation is 2. The number of anilines is 1. The maximum absolute atomic E-state index is 12.0. The van der Waals surface area contributed by atoms with Gasteiger partial charge in [0.2, 0.25) is 5.91 Å². The number of nitrogens with one attached hydrogen (secondary N) is 2. The summed E-state index contributed by atoms with van der Waals surface area (Å²) >= 11 is 0. The smallest absolute Gasteiger partial charge is 0.224 e. The van der Waals surface area contributed by atoms with Gasteiger partial charge < -0.3 is 20.8 Å². The van der Waals surface area contributed by atoms with Gasteiger partial charge in [-0.2, -0.15) is 0 Å². The first-order valence-electron chi connectivity index (χ1n) is 10.4. The highest BCUT2D eigenvalue weighted by atomic mass is 16.3. The highest BCUT2D eigenvalue weighted by Crippen LogP contribution is 2.34. The lowest BCUT2D eigenvalue weighted by molar-refractivity contribution is -0.120. The van der Waals surface area contributed by atoms with Crippen molar-refractivity contribution >= 4 is 11.6 Å². The molecular formula is C24H34N2O3. The zero-order valence-corrected chi connectivity index (χ0v) is 17.8. The van der Waals surface area contributed by atoms with E-state index in [0.717, 1.165) is 18.4 Å². The summed E-state index contributed by atoms with van der Waals surface area (Å²) in [5.41, 5.74) is 7.57. The summed E-state index contributed by atoms with van der Waals surface area (Å²) in [5.74, 6) is 0.00966. The summed E-state index contributed by atoms with van der Waals surface area (Å²) in [6.07, 6.45) is 3.06. The minimum absolute atomic E-state index is 0.00966. The van der Waals surface area contributed by atoms with Crippen molar-refractivity contribution in [2.45, 2.75) is 52.5 Å². The number of benzene rings is 2. The van der Waals surface area contributed by atoms with Gasteiger partial charge in [0.15, 0.2) is 0 Å². The Morgan fingerprint density at radius 2 is 1.97 bits per heavy atom. The molecule has 1 heterocycles. The Kier molecular flexibility index (Phi) is 9.16. The zero-order valence-electron chi connectivity index (χ0n) is 17.8. The van der Waals surface area contributed by atoms with E-state index < -0.39 is 0 Å². The fourth-order valence-corrected chi connectivity index (χ4v) is 3.60. The first-order valence-corrected chi connectivity index (χ1v) is 10.4. The topological polar surface area (TPSA) is 81.6 Å². The van der Waals surface area contributed by atoms with E-state index in [9.17, 15) is 4.79 Å². The molecule has 0 saturated carbocycles. The van der Waals surface area contributed by atoms with Crippen LogP contribution in [0.4, 0.5) is 5.69 Å². The SMILES string of the molecule is CCO.Cc1cccc([C@@H]2CCc3cc(CC(=O)NCCCO)ccc3N2)c1C. The Bertz CT molecular complexity index is 805. The van der Waals surface area contributed by atoms with E-state index in [1.54, 1.807) is 6.92 Å². The predicted molar refractivity (Wildman–Crippen MR) is 118 cm³/mol. The van der Waals surface area contributed by atoms with Crippen molar-refractivity contribution in [1.82, 2.24) is 5.32 Å². The molecule has 2 aromatic rings. The average Bonchev–Trinajstić information content (AvgIpc) is 2.70. The van der Waals surface area contributed by atoms with Crippen molar-refractivity contribution in [3.63, 3.8) is 0 Å². The second kappa shape index (κ2) is 11.6. The minimum atomic E-state index is 0.00966. The molecule has 158 valence electrons. The molecule has 0 bridgehead atoms. The van der Waals surface area contributed by atoms with Gasteiger partial charge in [0, 0.05) is 25.4 Å². The zero-order chi connectivity index (χ0) is 21.2. The average molecular weight is 399 g/mol. The van der Waals surface area contributed by atoms with Crippen LogP contribution in [0, 0.1) is 13.8 Å². The number of carbonyl (C=O) groups is 1. The molecular weight excluding hydrogens is 364 g/mol. The van der Waals surface area contributed by atoms with Crippen LogP contribution < -0.4 is 10.6 Å². The number of carbonyl (C=O) groups excluding carboxylic acids is 1. The Morgan fingerprint density at radius 1 is 1.21 bits per heavy atom. The number of aliphatic hydroxyl groups is 2. The summed E-state index contributed by atoms with van der Waals surface area (Å²) in [7, 11) is 0. The summed E-state index contributed by atoms with van der Waals surface area (Å²) < 4.78 is 0. The molecule has 2 aromatic carbocycles. The van der Waals surface area contributed by atoms with E-state index in [1.165, 1.54) is 27.9 Å². The summed E-state index contributed by atoms with van der Waals surface area (Å²) in [6.45, 7) is 6.92. The van der Waals surface area contributed by atoms with Crippen LogP contribution in [0.5, 0.6) is 0 Å². The lowest BCUT2D eigenvalue weighted by atomic mass is 9.89. The molecule has 0 radical (unpaired) electrons. The Balaban J connectivity index is 0.000000941. The van der Waals surface area contributed by atoms with Crippen molar-refractivity contribution in [3.8, 4) is 0 Å². The first kappa shape index (κ1) is 22.9. The predicted octanol–water partition coefficient (Wildman–Crippen LogP) is 3.44. The van der Waals surface area contributed by atoms with Crippen molar-refractivity contribution in [2.24, 2.45) is 0 Å². The fourth-order valence-electron chi connectivity index (χ4n) is 3.60. The molecule has 1 amide bonds. The molecule has 0 aliphatic carbocycles. The van der Waals surface area contributed by atoms with Crippen LogP contribution in [-0.2, 0) is 17.6 Å². The van der Waals surface area contributed by atoms with Gasteiger partial charge in [0.25, 0.3) is 0 Å². The molecule has 5 heteroatoms. The van der Waals surface area contributed by atoms with Crippen molar-refractivity contribution in [1.29, 1.82) is 0 Å². The van der Waals surface area contributed by atoms with E-state index in [0.29, 0.717) is 25.4 Å². The van der Waals surface area contributed by atoms with Gasteiger partial charge in [-0.3, -0.25) is 4.79 Å². The van der Waals surface area contributed by atoms with Gasteiger partial charge in [0.1, 0.15) is 0 Å². The number of amides is 1. The number of hydrogen-bond acceptors (Lipinski definition) is 4. The highest BCUT2D eigenvalue weighted by molar-refractivity contribution is 5.78. The lowest BCUT2D eigenvalue weighted by Crippen LogP contribution is -2.26. The largest absolute Gasteiger partial charge is 0.397 e. The van der Waals surface area contributed by atoms with E-state index >= 15 is 0 Å². The van der Waals surface area contributed by atoms with E-state index in [4.69, 9.17) is 10.2 Å². The van der Waals surface area contributed by atoms with Crippen molar-refractivity contribution in [3.05, 3.63) is 64.2 Å². The third kappa shape index (κ3) is 6.58. The highest BCUT2D eigenvalue weighted by Gasteiger charge is 2.21. The normalized spacial score (nSPS) is 14.9. The van der Waals surface area contributed by atoms with Gasteiger partial charge in [0.05, 0.1) is 12.5 Å². The van der Waals surface area contributed by atoms with Crippen LogP contribution in [-0.4, -0.2) is 35.9 Å². The van der Waals surface area contributed by atoms with Crippen LogP contribution in [0.25, 0.3) is 0 Å². The van der Waals surface area contributed by atoms with Crippen molar-refractivity contribution in [2.75, 3.05) is 25.1 Å². The van der Waals surface area contributed by atoms with Crippen LogP contribution in [0.3, 0.4) is 0 Å². The molecule has 0 fully saturated rings. The maximum atomic E-state index is 12.0. The van der Waals surface area contributed by atoms with E-state index in [-0.39, 0.29) is 19.1 Å². The first-order chi connectivity index (χ1) is 14.0. The third-order valence-corrected chi connectivity index (χ3v) is 5.25. The van der Waals surface area contributed by atoms with Gasteiger partial charge in [-0.1, -0.05) is 30.3 Å². The van der Waals surface area contributed by atoms with Gasteiger partial charge in [-0.25, -0.2) is 0 Å². The molecule has 0 unspecified atom stereocenters. The Hall–Kier alpha value is -2.37.